The Morgan fingerprint density at radius 3 is 2.24 bits per heavy atom. The van der Waals surface area contributed by atoms with Crippen LogP contribution in [0.1, 0.15) is 56.3 Å². The Morgan fingerprint density at radius 2 is 1.68 bits per heavy atom. The second-order valence-corrected chi connectivity index (χ2v) is 8.90. The van der Waals surface area contributed by atoms with Crippen LogP contribution in [0.15, 0.2) is 60.8 Å². The fourth-order valence-corrected chi connectivity index (χ4v) is 4.37. The highest BCUT2D eigenvalue weighted by molar-refractivity contribution is 5.93. The number of carbonyl (C=O) groups excluding carboxylic acids is 3. The predicted molar refractivity (Wildman–Crippen MR) is 130 cm³/mol. The number of aromatic nitrogens is 1. The van der Waals surface area contributed by atoms with Gasteiger partial charge < -0.3 is 19.9 Å². The summed E-state index contributed by atoms with van der Waals surface area (Å²) in [5, 5.41) is 2.85. The molecule has 0 atom stereocenters. The summed E-state index contributed by atoms with van der Waals surface area (Å²) in [7, 11) is 1.31. The van der Waals surface area contributed by atoms with Crippen LogP contribution in [-0.2, 0) is 22.1 Å². The highest BCUT2D eigenvalue weighted by atomic mass is 19.4. The molecule has 0 spiro atoms. The van der Waals surface area contributed by atoms with Gasteiger partial charge in [0.25, 0.3) is 5.91 Å². The Hall–Kier alpha value is -4.08. The quantitative estimate of drug-likeness (QED) is 0.453. The van der Waals surface area contributed by atoms with Crippen LogP contribution < -0.4 is 5.32 Å². The molecule has 2 aromatic carbocycles. The number of likely N-dealkylation sites (tertiary alicyclic amines) is 1. The number of ether oxygens (including phenoxy) is 1. The van der Waals surface area contributed by atoms with Crippen molar-refractivity contribution in [2.45, 2.75) is 31.4 Å². The lowest BCUT2D eigenvalue weighted by atomic mass is 9.89. The van der Waals surface area contributed by atoms with E-state index >= 15 is 0 Å². The molecule has 1 saturated heterocycles. The minimum atomic E-state index is -4.50. The zero-order valence-electron chi connectivity index (χ0n) is 20.1. The average molecular weight is 514 g/mol. The largest absolute Gasteiger partial charge is 0.465 e. The van der Waals surface area contributed by atoms with Crippen molar-refractivity contribution in [3.63, 3.8) is 0 Å². The van der Waals surface area contributed by atoms with E-state index in [0.717, 1.165) is 23.4 Å². The van der Waals surface area contributed by atoms with Crippen LogP contribution in [0.25, 0.3) is 0 Å². The molecular formula is C27H26F3N3O4. The van der Waals surface area contributed by atoms with Crippen LogP contribution in [0, 0.1) is 0 Å². The van der Waals surface area contributed by atoms with E-state index in [1.165, 1.54) is 7.11 Å². The molecule has 4 rings (SSSR count). The lowest BCUT2D eigenvalue weighted by Crippen LogP contribution is -2.38. The van der Waals surface area contributed by atoms with Crippen LogP contribution in [0.5, 0.6) is 0 Å². The van der Waals surface area contributed by atoms with E-state index in [2.05, 4.69) is 15.0 Å². The van der Waals surface area contributed by atoms with Crippen molar-refractivity contribution in [1.82, 2.24) is 9.88 Å². The standard InChI is InChI=1S/C27H26F3N3O4/c1-37-26(36)20-4-2-17(3-5-20)14-24(34)32-22-8-6-18(7-9-22)19-10-12-33(13-11-19)25(35)23-15-21(16-31-23)27(28,29)30/h2-9,15-16,19,31H,10-14H2,1H3,(H,32,34). The number of esters is 1. The topological polar surface area (TPSA) is 91.5 Å². The number of H-pyrrole nitrogens is 1. The minimum Gasteiger partial charge on any atom is -0.465 e. The molecule has 0 unspecified atom stereocenters. The maximum Gasteiger partial charge on any atom is 0.417 e. The van der Waals surface area contributed by atoms with Gasteiger partial charge in [0.05, 0.1) is 24.7 Å². The van der Waals surface area contributed by atoms with E-state index in [1.807, 2.05) is 24.3 Å². The monoisotopic (exact) mass is 513 g/mol. The molecule has 194 valence electrons. The summed E-state index contributed by atoms with van der Waals surface area (Å²) in [6.45, 7) is 0.883. The smallest absolute Gasteiger partial charge is 0.417 e. The van der Waals surface area contributed by atoms with Crippen molar-refractivity contribution in [2.24, 2.45) is 0 Å². The van der Waals surface area contributed by atoms with Gasteiger partial charge in [-0.3, -0.25) is 9.59 Å². The number of amides is 2. The Labute approximate surface area is 211 Å². The van der Waals surface area contributed by atoms with Gasteiger partial charge in [0, 0.05) is 25.0 Å². The molecule has 0 aliphatic carbocycles. The normalized spacial score (nSPS) is 14.3. The van der Waals surface area contributed by atoms with Gasteiger partial charge in [0.1, 0.15) is 5.69 Å². The number of rotatable bonds is 6. The van der Waals surface area contributed by atoms with Gasteiger partial charge >= 0.3 is 12.1 Å². The van der Waals surface area contributed by atoms with E-state index < -0.39 is 23.6 Å². The van der Waals surface area contributed by atoms with Gasteiger partial charge in [-0.1, -0.05) is 24.3 Å². The van der Waals surface area contributed by atoms with Crippen molar-refractivity contribution in [2.75, 3.05) is 25.5 Å². The number of methoxy groups -OCH3 is 1. The second-order valence-electron chi connectivity index (χ2n) is 8.90. The highest BCUT2D eigenvalue weighted by Crippen LogP contribution is 2.32. The Balaban J connectivity index is 1.27. The molecule has 1 aliphatic rings. The first-order valence-electron chi connectivity index (χ1n) is 11.8. The second kappa shape index (κ2) is 10.9. The summed E-state index contributed by atoms with van der Waals surface area (Å²) < 4.78 is 43.1. The molecule has 1 aromatic heterocycles. The van der Waals surface area contributed by atoms with Gasteiger partial charge in [-0.25, -0.2) is 4.79 Å². The van der Waals surface area contributed by atoms with E-state index in [-0.39, 0.29) is 23.9 Å². The number of nitrogens with zero attached hydrogens (tertiary/aromatic N) is 1. The van der Waals surface area contributed by atoms with Gasteiger partial charge in [0.2, 0.25) is 5.91 Å². The molecule has 2 amide bonds. The van der Waals surface area contributed by atoms with Crippen LogP contribution in [-0.4, -0.2) is 47.9 Å². The summed E-state index contributed by atoms with van der Waals surface area (Å²) in [6, 6.07) is 15.0. The van der Waals surface area contributed by atoms with Crippen molar-refractivity contribution < 1.29 is 32.3 Å². The van der Waals surface area contributed by atoms with Crippen molar-refractivity contribution in [3.05, 3.63) is 88.7 Å². The van der Waals surface area contributed by atoms with Crippen molar-refractivity contribution in [3.8, 4) is 0 Å². The first kappa shape index (κ1) is 26.0. The Bertz CT molecular complexity index is 1260. The zero-order chi connectivity index (χ0) is 26.6. The Kier molecular flexibility index (Phi) is 7.66. The number of hydrogen-bond donors (Lipinski definition) is 2. The number of anilines is 1. The molecular weight excluding hydrogens is 487 g/mol. The third kappa shape index (κ3) is 6.38. The van der Waals surface area contributed by atoms with Crippen LogP contribution >= 0.6 is 0 Å². The third-order valence-corrected chi connectivity index (χ3v) is 6.43. The van der Waals surface area contributed by atoms with Crippen molar-refractivity contribution >= 4 is 23.5 Å². The van der Waals surface area contributed by atoms with E-state index in [0.29, 0.717) is 37.2 Å². The fraction of sp³-hybridized carbons (Fsp3) is 0.296. The Morgan fingerprint density at radius 1 is 1.03 bits per heavy atom. The van der Waals surface area contributed by atoms with Crippen LogP contribution in [0.2, 0.25) is 0 Å². The minimum absolute atomic E-state index is 0.0646. The van der Waals surface area contributed by atoms with Crippen LogP contribution in [0.4, 0.5) is 18.9 Å². The van der Waals surface area contributed by atoms with E-state index in [9.17, 15) is 27.6 Å². The van der Waals surface area contributed by atoms with Gasteiger partial charge in [0.15, 0.2) is 0 Å². The van der Waals surface area contributed by atoms with Crippen LogP contribution in [0.3, 0.4) is 0 Å². The molecule has 7 nitrogen and oxygen atoms in total. The van der Waals surface area contributed by atoms with Gasteiger partial charge in [-0.2, -0.15) is 13.2 Å². The number of benzene rings is 2. The molecule has 2 heterocycles. The molecule has 3 aromatic rings. The van der Waals surface area contributed by atoms with Crippen molar-refractivity contribution in [1.29, 1.82) is 0 Å². The number of aromatic amines is 1. The average Bonchev–Trinajstić information content (AvgIpc) is 3.40. The summed E-state index contributed by atoms with van der Waals surface area (Å²) in [5.74, 6) is -0.861. The number of carbonyl (C=O) groups is 3. The summed E-state index contributed by atoms with van der Waals surface area (Å²) >= 11 is 0. The third-order valence-electron chi connectivity index (χ3n) is 6.43. The maximum absolute atomic E-state index is 12.8. The molecule has 0 saturated carbocycles. The molecule has 0 bridgehead atoms. The number of piperidine rings is 1. The molecule has 1 fully saturated rings. The summed E-state index contributed by atoms with van der Waals surface area (Å²) in [6.07, 6.45) is -2.16. The van der Waals surface area contributed by atoms with Gasteiger partial charge in [-0.15, -0.1) is 0 Å². The van der Waals surface area contributed by atoms with E-state index in [4.69, 9.17) is 0 Å². The van der Waals surface area contributed by atoms with E-state index in [1.54, 1.807) is 29.2 Å². The first-order valence-corrected chi connectivity index (χ1v) is 11.8. The summed E-state index contributed by atoms with van der Waals surface area (Å²) in [5.41, 5.74) is 1.97. The number of nitrogens with one attached hydrogen (secondary N) is 2. The lowest BCUT2D eigenvalue weighted by molar-refractivity contribution is -0.137. The molecule has 2 N–H and O–H groups in total. The number of alkyl halides is 3. The maximum atomic E-state index is 12.8. The molecule has 0 radical (unpaired) electrons. The number of hydrogen-bond acceptors (Lipinski definition) is 4. The lowest BCUT2D eigenvalue weighted by Gasteiger charge is -2.32. The molecule has 10 heteroatoms. The number of halogens is 3. The molecule has 1 aliphatic heterocycles. The summed E-state index contributed by atoms with van der Waals surface area (Å²) in [4.78, 5) is 40.5. The first-order chi connectivity index (χ1) is 17.6. The fourth-order valence-electron chi connectivity index (χ4n) is 4.37. The SMILES string of the molecule is COC(=O)c1ccc(CC(=O)Nc2ccc(C3CCN(C(=O)c4cc(C(F)(F)F)c[nH]4)CC3)cc2)cc1. The van der Waals surface area contributed by atoms with Gasteiger partial charge in [-0.05, 0) is 60.2 Å². The molecule has 37 heavy (non-hydrogen) atoms. The predicted octanol–water partition coefficient (Wildman–Crippen LogP) is 5.02. The highest BCUT2D eigenvalue weighted by Gasteiger charge is 2.33. The zero-order valence-corrected chi connectivity index (χ0v) is 20.1.